The average molecular weight is 411 g/mol. The molecule has 1 N–H and O–H groups in total. The summed E-state index contributed by atoms with van der Waals surface area (Å²) >= 11 is 5.15. The molecule has 0 atom stereocenters. The van der Waals surface area contributed by atoms with Crippen LogP contribution < -0.4 is 9.74 Å². The second-order valence-corrected chi connectivity index (χ2v) is 5.36. The molecule has 2 aromatic rings. The van der Waals surface area contributed by atoms with Crippen molar-refractivity contribution >= 4 is 29.4 Å². The molecule has 3 amide bonds. The highest BCUT2D eigenvalue weighted by molar-refractivity contribution is 6.29. The van der Waals surface area contributed by atoms with Crippen molar-refractivity contribution in [3.05, 3.63) is 65.2 Å². The first kappa shape index (κ1) is 20.6. The summed E-state index contributed by atoms with van der Waals surface area (Å²) in [6, 6.07) is 5.75. The van der Waals surface area contributed by atoms with Crippen LogP contribution in [-0.4, -0.2) is 11.9 Å². The number of urea groups is 1. The van der Waals surface area contributed by atoms with E-state index in [2.05, 4.69) is 0 Å². The number of anilines is 1. The Labute approximate surface area is 153 Å². The van der Waals surface area contributed by atoms with Crippen LogP contribution in [0.3, 0.4) is 0 Å². The quantitative estimate of drug-likeness (QED) is 0.544. The topological polar surface area (TPSA) is 49.4 Å². The van der Waals surface area contributed by atoms with Crippen molar-refractivity contribution in [3.8, 4) is 0 Å². The van der Waals surface area contributed by atoms with Crippen molar-refractivity contribution in [1.29, 1.82) is 0 Å². The van der Waals surface area contributed by atoms with Gasteiger partial charge in [-0.3, -0.25) is 4.79 Å². The molecule has 11 heteroatoms. The Hall–Kier alpha value is -2.75. The van der Waals surface area contributed by atoms with E-state index in [-0.39, 0.29) is 28.7 Å². The Kier molecular flexibility index (Phi) is 5.69. The van der Waals surface area contributed by atoms with Crippen molar-refractivity contribution in [1.82, 2.24) is 4.84 Å². The summed E-state index contributed by atoms with van der Waals surface area (Å²) < 4.78 is 78.1. The highest BCUT2D eigenvalue weighted by Gasteiger charge is 2.38. The van der Waals surface area contributed by atoms with Crippen molar-refractivity contribution in [2.24, 2.45) is 0 Å². The molecular weight excluding hydrogens is 402 g/mol. The molecule has 0 saturated carbocycles. The van der Waals surface area contributed by atoms with Crippen molar-refractivity contribution in [2.75, 3.05) is 4.90 Å². The maximum absolute atomic E-state index is 13.0. The number of amides is 3. The number of halogens is 7. The third-order valence-electron chi connectivity index (χ3n) is 3.34. The largest absolute Gasteiger partial charge is 0.416 e. The van der Waals surface area contributed by atoms with E-state index in [1.165, 1.54) is 35.2 Å². The van der Waals surface area contributed by atoms with Crippen LogP contribution in [0.1, 0.15) is 21.5 Å². The summed E-state index contributed by atoms with van der Waals surface area (Å²) in [6.45, 7) is 0. The fourth-order valence-electron chi connectivity index (χ4n) is 2.15. The van der Waals surface area contributed by atoms with Crippen LogP contribution in [0.25, 0.3) is 0 Å². The van der Waals surface area contributed by atoms with Crippen LogP contribution in [0.15, 0.2) is 48.5 Å². The molecule has 0 aliphatic rings. The standard InChI is InChI=1S/C16H9ClF6N2O2/c17-24-14(27)25(13(26)9-4-2-1-3-5-9)12-7-10(15(18,19)20)6-11(8-12)16(21,22)23/h1-8H,(H,24,27). The van der Waals surface area contributed by atoms with Gasteiger partial charge in [-0.1, -0.05) is 18.2 Å². The van der Waals surface area contributed by atoms with Gasteiger partial charge in [-0.2, -0.15) is 26.3 Å². The van der Waals surface area contributed by atoms with E-state index in [9.17, 15) is 35.9 Å². The molecule has 0 aromatic heterocycles. The van der Waals surface area contributed by atoms with Crippen molar-refractivity contribution in [2.45, 2.75) is 12.4 Å². The zero-order chi connectivity index (χ0) is 20.4. The van der Waals surface area contributed by atoms with Crippen LogP contribution in [0.5, 0.6) is 0 Å². The molecule has 0 aliphatic carbocycles. The molecule has 0 spiro atoms. The molecule has 0 unspecified atom stereocenters. The molecule has 0 heterocycles. The van der Waals surface area contributed by atoms with Gasteiger partial charge in [0.25, 0.3) is 5.91 Å². The van der Waals surface area contributed by atoms with E-state index in [0.717, 1.165) is 0 Å². The van der Waals surface area contributed by atoms with Crippen LogP contribution in [-0.2, 0) is 12.4 Å². The smallest absolute Gasteiger partial charge is 0.268 e. The summed E-state index contributed by atoms with van der Waals surface area (Å²) in [6.07, 6.45) is -10.3. The predicted molar refractivity (Wildman–Crippen MR) is 84.1 cm³/mol. The zero-order valence-electron chi connectivity index (χ0n) is 13.0. The Morgan fingerprint density at radius 1 is 0.852 bits per heavy atom. The third-order valence-corrected chi connectivity index (χ3v) is 3.50. The van der Waals surface area contributed by atoms with Gasteiger partial charge in [-0.15, -0.1) is 0 Å². The maximum atomic E-state index is 13.0. The Bertz CT molecular complexity index is 820. The van der Waals surface area contributed by atoms with Gasteiger partial charge in [0.15, 0.2) is 0 Å². The summed E-state index contributed by atoms with van der Waals surface area (Å²) in [4.78, 5) is 26.1. The minimum Gasteiger partial charge on any atom is -0.268 e. The van der Waals surface area contributed by atoms with Crippen LogP contribution in [0.2, 0.25) is 0 Å². The lowest BCUT2D eigenvalue weighted by Gasteiger charge is -2.22. The fraction of sp³-hybridized carbons (Fsp3) is 0.125. The number of rotatable bonds is 2. The maximum Gasteiger partial charge on any atom is 0.416 e. The molecule has 27 heavy (non-hydrogen) atoms. The predicted octanol–water partition coefficient (Wildman–Crippen LogP) is 5.23. The van der Waals surface area contributed by atoms with Gasteiger partial charge >= 0.3 is 18.4 Å². The molecule has 0 saturated heterocycles. The number of carbonyl (C=O) groups is 2. The van der Waals surface area contributed by atoms with E-state index in [1.807, 2.05) is 0 Å². The lowest BCUT2D eigenvalue weighted by molar-refractivity contribution is -0.143. The Morgan fingerprint density at radius 3 is 1.74 bits per heavy atom. The zero-order valence-corrected chi connectivity index (χ0v) is 13.8. The number of nitrogens with one attached hydrogen (secondary N) is 1. The van der Waals surface area contributed by atoms with E-state index in [4.69, 9.17) is 11.8 Å². The van der Waals surface area contributed by atoms with E-state index in [0.29, 0.717) is 0 Å². The monoisotopic (exact) mass is 410 g/mol. The average Bonchev–Trinajstić information content (AvgIpc) is 2.60. The third kappa shape index (κ3) is 4.70. The number of carbonyl (C=O) groups excluding carboxylic acids is 2. The molecule has 4 nitrogen and oxygen atoms in total. The van der Waals surface area contributed by atoms with Crippen LogP contribution >= 0.6 is 11.8 Å². The minimum absolute atomic E-state index is 0.0901. The van der Waals surface area contributed by atoms with Gasteiger partial charge in [0, 0.05) is 17.3 Å². The molecule has 2 aromatic carbocycles. The first-order valence-corrected chi connectivity index (χ1v) is 7.42. The molecule has 0 bridgehead atoms. The highest BCUT2D eigenvalue weighted by Crippen LogP contribution is 2.38. The molecule has 0 aliphatic heterocycles. The lowest BCUT2D eigenvalue weighted by atomic mass is 10.1. The Morgan fingerprint density at radius 2 is 1.33 bits per heavy atom. The second kappa shape index (κ2) is 7.47. The minimum atomic E-state index is -5.14. The summed E-state index contributed by atoms with van der Waals surface area (Å²) in [5.74, 6) is -1.17. The van der Waals surface area contributed by atoms with E-state index < -0.39 is 41.1 Å². The fourth-order valence-corrected chi connectivity index (χ4v) is 2.23. The summed E-state index contributed by atoms with van der Waals surface area (Å²) in [5, 5.41) is 0. The molecule has 144 valence electrons. The first-order chi connectivity index (χ1) is 12.4. The number of nitrogens with zero attached hydrogens (tertiary/aromatic N) is 1. The number of hydrogen-bond acceptors (Lipinski definition) is 2. The normalized spacial score (nSPS) is 11.8. The SMILES string of the molecule is O=C(NCl)N(C(=O)c1ccccc1)c1cc(C(F)(F)F)cc(C(F)(F)F)c1. The van der Waals surface area contributed by atoms with Gasteiger partial charge in [0.05, 0.1) is 16.8 Å². The summed E-state index contributed by atoms with van der Waals surface area (Å²) in [5.41, 5.74) is -4.45. The van der Waals surface area contributed by atoms with E-state index >= 15 is 0 Å². The second-order valence-electron chi connectivity index (χ2n) is 5.17. The molecular formula is C16H9ClF6N2O2. The first-order valence-electron chi connectivity index (χ1n) is 7.04. The number of hydrogen-bond donors (Lipinski definition) is 1. The van der Waals surface area contributed by atoms with Gasteiger partial charge in [0.2, 0.25) is 0 Å². The van der Waals surface area contributed by atoms with Crippen LogP contribution in [0, 0.1) is 0 Å². The molecule has 2 rings (SSSR count). The molecule has 0 fully saturated rings. The number of benzene rings is 2. The number of alkyl halides is 6. The van der Waals surface area contributed by atoms with Crippen LogP contribution in [0.4, 0.5) is 36.8 Å². The van der Waals surface area contributed by atoms with Gasteiger partial charge in [-0.25, -0.2) is 14.5 Å². The van der Waals surface area contributed by atoms with Gasteiger partial charge in [-0.05, 0) is 30.3 Å². The highest BCUT2D eigenvalue weighted by atomic mass is 35.5. The lowest BCUT2D eigenvalue weighted by Crippen LogP contribution is -2.41. The summed E-state index contributed by atoms with van der Waals surface area (Å²) in [7, 11) is 0. The number of imide groups is 1. The van der Waals surface area contributed by atoms with E-state index in [1.54, 1.807) is 0 Å². The Balaban J connectivity index is 2.68. The van der Waals surface area contributed by atoms with Gasteiger partial charge in [0.1, 0.15) is 0 Å². The molecule has 0 radical (unpaired) electrons. The van der Waals surface area contributed by atoms with Crippen molar-refractivity contribution in [3.63, 3.8) is 0 Å². The van der Waals surface area contributed by atoms with Gasteiger partial charge < -0.3 is 0 Å². The van der Waals surface area contributed by atoms with Crippen molar-refractivity contribution < 1.29 is 35.9 Å².